The first kappa shape index (κ1) is 21.3. The second-order valence-corrected chi connectivity index (χ2v) is 9.97. The van der Waals surface area contributed by atoms with Gasteiger partial charge in [-0.25, -0.2) is 20.0 Å². The van der Waals surface area contributed by atoms with Gasteiger partial charge in [-0.1, -0.05) is 86.6 Å². The molecule has 3 aromatic rings. The van der Waals surface area contributed by atoms with Crippen LogP contribution in [-0.2, 0) is 6.32 Å². The number of aryl methyl sites for hydroxylation is 1. The lowest BCUT2D eigenvalue weighted by Gasteiger charge is -2.40. The Morgan fingerprint density at radius 3 is 2.35 bits per heavy atom. The summed E-state index contributed by atoms with van der Waals surface area (Å²) in [5.74, 6) is 4.78. The lowest BCUT2D eigenvalue weighted by Crippen LogP contribution is -2.36. The van der Waals surface area contributed by atoms with E-state index in [9.17, 15) is 0 Å². The van der Waals surface area contributed by atoms with Gasteiger partial charge in [0.25, 0.3) is 0 Å². The summed E-state index contributed by atoms with van der Waals surface area (Å²) in [6.45, 7) is 2.78. The molecule has 3 aliphatic heterocycles. The average Bonchev–Trinajstić information content (AvgIpc) is 3.16. The van der Waals surface area contributed by atoms with E-state index in [0.717, 1.165) is 59.0 Å². The van der Waals surface area contributed by atoms with Gasteiger partial charge in [-0.15, -0.1) is 0 Å². The number of anilines is 1. The molecule has 2 bridgehead atoms. The highest BCUT2D eigenvalue weighted by Gasteiger charge is 2.39. The van der Waals surface area contributed by atoms with E-state index in [-0.39, 0.29) is 0 Å². The van der Waals surface area contributed by atoms with Crippen molar-refractivity contribution in [2.24, 2.45) is 9.98 Å². The van der Waals surface area contributed by atoms with Gasteiger partial charge in [0.1, 0.15) is 11.7 Å². The maximum absolute atomic E-state index is 4.96. The quantitative estimate of drug-likeness (QED) is 0.470. The molecule has 1 N–H and O–H groups in total. The highest BCUT2D eigenvalue weighted by molar-refractivity contribution is 6.62. The Morgan fingerprint density at radius 2 is 1.59 bits per heavy atom. The largest absolute Gasteiger partial charge is 0.324 e. The maximum atomic E-state index is 4.96. The first-order chi connectivity index (χ1) is 16.7. The Bertz CT molecular complexity index is 1240. The number of hydrogen-bond donors (Lipinski definition) is 1. The summed E-state index contributed by atoms with van der Waals surface area (Å²) in [5, 5.41) is 3.38. The van der Waals surface area contributed by atoms with Crippen molar-refractivity contribution in [1.82, 2.24) is 9.97 Å². The Hall–Kier alpha value is -3.28. The minimum atomic E-state index is 0.699. The van der Waals surface area contributed by atoms with E-state index >= 15 is 0 Å². The summed E-state index contributed by atoms with van der Waals surface area (Å²) in [4.78, 5) is 19.3. The smallest absolute Gasteiger partial charge is 0.164 e. The van der Waals surface area contributed by atoms with E-state index in [0.29, 0.717) is 5.84 Å². The number of hydrogen-bond acceptors (Lipinski definition) is 4. The van der Waals surface area contributed by atoms with Crippen molar-refractivity contribution in [3.8, 4) is 0 Å². The third-order valence-corrected chi connectivity index (χ3v) is 7.74. The molecule has 0 aliphatic carbocycles. The number of nitrogens with zero attached hydrogens (tertiary/aromatic N) is 4. The Morgan fingerprint density at radius 1 is 0.853 bits per heavy atom. The van der Waals surface area contributed by atoms with Gasteiger partial charge in [0.2, 0.25) is 0 Å². The Labute approximate surface area is 202 Å². The molecule has 0 amide bonds. The molecule has 2 aromatic heterocycles. The van der Waals surface area contributed by atoms with E-state index in [2.05, 4.69) is 34.6 Å². The number of nitrogens with one attached hydrogen (secondary N) is 1. The third-order valence-electron chi connectivity index (χ3n) is 7.74. The van der Waals surface area contributed by atoms with Crippen molar-refractivity contribution >= 4 is 30.0 Å². The summed E-state index contributed by atoms with van der Waals surface area (Å²) in [6.07, 6.45) is 9.53. The molecule has 6 rings (SSSR count). The molecule has 2 fully saturated rings. The summed E-state index contributed by atoms with van der Waals surface area (Å²) in [7, 11) is 0. The second-order valence-electron chi connectivity index (χ2n) is 9.97. The zero-order valence-corrected chi connectivity index (χ0v) is 19.7. The van der Waals surface area contributed by atoms with E-state index in [4.69, 9.17) is 15.0 Å². The molecule has 34 heavy (non-hydrogen) atoms. The molecule has 0 radical (unpaired) electrons. The number of benzene rings is 1. The van der Waals surface area contributed by atoms with Crippen LogP contribution in [0.1, 0.15) is 61.0 Å². The first-order valence-electron chi connectivity index (χ1n) is 12.7. The topological polar surface area (TPSA) is 62.5 Å². The van der Waals surface area contributed by atoms with Crippen molar-refractivity contribution in [3.05, 3.63) is 83.2 Å². The molecule has 3 aliphatic rings. The maximum Gasteiger partial charge on any atom is 0.164 e. The fourth-order valence-electron chi connectivity index (χ4n) is 6.17. The number of fused-ring (bicyclic) bond motifs is 3. The molecule has 5 heterocycles. The Kier molecular flexibility index (Phi) is 5.74. The van der Waals surface area contributed by atoms with E-state index in [1.807, 2.05) is 43.3 Å². The molecule has 2 saturated heterocycles. The molecule has 0 atom stereocenters. The van der Waals surface area contributed by atoms with Gasteiger partial charge in [0.15, 0.2) is 18.4 Å². The Balaban J connectivity index is 1.27. The first-order valence-corrected chi connectivity index (χ1v) is 12.7. The normalized spacial score (nSPS) is 22.4. The van der Waals surface area contributed by atoms with Crippen LogP contribution in [0, 0.1) is 6.92 Å². The van der Waals surface area contributed by atoms with Crippen LogP contribution in [-0.4, -0.2) is 28.4 Å². The predicted molar refractivity (Wildman–Crippen MR) is 141 cm³/mol. The van der Waals surface area contributed by atoms with Gasteiger partial charge in [0.05, 0.1) is 0 Å². The van der Waals surface area contributed by atoms with E-state index in [1.54, 1.807) is 0 Å². The van der Waals surface area contributed by atoms with Crippen molar-refractivity contribution in [2.75, 3.05) is 5.32 Å². The van der Waals surface area contributed by atoms with Crippen LogP contribution in [0.15, 0.2) is 70.6 Å². The zero-order chi connectivity index (χ0) is 22.9. The van der Waals surface area contributed by atoms with Crippen molar-refractivity contribution < 1.29 is 0 Å². The minimum Gasteiger partial charge on any atom is -0.324 e. The second kappa shape index (κ2) is 9.17. The number of rotatable bonds is 4. The van der Waals surface area contributed by atoms with Crippen molar-refractivity contribution in [1.29, 1.82) is 0 Å². The highest BCUT2D eigenvalue weighted by Crippen LogP contribution is 2.47. The van der Waals surface area contributed by atoms with Gasteiger partial charge in [-0.2, -0.15) is 0 Å². The highest BCUT2D eigenvalue weighted by atomic mass is 15.1. The molecule has 0 unspecified atom stereocenters. The monoisotopic (exact) mass is 447 g/mol. The van der Waals surface area contributed by atoms with Crippen LogP contribution in [0.4, 0.5) is 11.6 Å². The summed E-state index contributed by atoms with van der Waals surface area (Å²) in [6, 6.07) is 20.4. The molecule has 5 nitrogen and oxygen atoms in total. The van der Waals surface area contributed by atoms with Crippen LogP contribution in [0.3, 0.4) is 0 Å². The molecular formula is C28H30BN5. The predicted octanol–water partition coefficient (Wildman–Crippen LogP) is 6.42. The summed E-state index contributed by atoms with van der Waals surface area (Å²) < 4.78 is 0. The molecule has 1 aromatic carbocycles. The lowest BCUT2D eigenvalue weighted by molar-refractivity contribution is 0.441. The zero-order valence-electron chi connectivity index (χ0n) is 19.7. The van der Waals surface area contributed by atoms with Crippen LogP contribution < -0.4 is 5.32 Å². The fourth-order valence-corrected chi connectivity index (χ4v) is 6.17. The van der Waals surface area contributed by atoms with Crippen LogP contribution in [0.25, 0.3) is 0 Å². The molecule has 0 spiro atoms. The fraction of sp³-hybridized carbons (Fsp3) is 0.357. The summed E-state index contributed by atoms with van der Waals surface area (Å²) in [5.41, 5.74) is 4.19. The molecule has 0 saturated carbocycles. The minimum absolute atomic E-state index is 0.699. The SMILES string of the molecule is Cc1cccc(NC2=N/C(=N\c3cccc(CB4C5CCCC4CCC5)n3)c3ccccc32)n1. The number of aliphatic imine (C=N–C) groups is 2. The number of amidine groups is 2. The van der Waals surface area contributed by atoms with Gasteiger partial charge >= 0.3 is 0 Å². The van der Waals surface area contributed by atoms with Crippen LogP contribution >= 0.6 is 0 Å². The lowest BCUT2D eigenvalue weighted by atomic mass is 9.26. The van der Waals surface area contributed by atoms with Crippen molar-refractivity contribution in [2.45, 2.75) is 63.4 Å². The van der Waals surface area contributed by atoms with Crippen molar-refractivity contribution in [3.63, 3.8) is 0 Å². The molecule has 6 heteroatoms. The summed E-state index contributed by atoms with van der Waals surface area (Å²) >= 11 is 0. The number of pyridine rings is 2. The van der Waals surface area contributed by atoms with Gasteiger partial charge in [-0.3, -0.25) is 0 Å². The number of aromatic nitrogens is 2. The van der Waals surface area contributed by atoms with E-state index in [1.165, 1.54) is 44.2 Å². The molecule has 170 valence electrons. The van der Waals surface area contributed by atoms with Crippen LogP contribution in [0.2, 0.25) is 11.6 Å². The van der Waals surface area contributed by atoms with E-state index < -0.39 is 0 Å². The van der Waals surface area contributed by atoms with Gasteiger partial charge < -0.3 is 5.32 Å². The van der Waals surface area contributed by atoms with Gasteiger partial charge in [-0.05, 0) is 37.5 Å². The molecular weight excluding hydrogens is 417 g/mol. The average molecular weight is 447 g/mol. The standard InChI is InChI=1S/C28H30BN5/c1-19-8-4-16-25(30-19)32-27-23-14-2-3-15-24(23)28(34-27)33-26-17-7-13-22(31-26)18-29-20-9-5-10-21(29)12-6-11-20/h2-4,7-8,13-17,20-21H,5-6,9-12,18H2,1H3,(H,30,31,32,33,34). The third kappa shape index (κ3) is 4.29. The van der Waals surface area contributed by atoms with Crippen LogP contribution in [0.5, 0.6) is 0 Å². The van der Waals surface area contributed by atoms with Gasteiger partial charge in [0, 0.05) is 22.5 Å².